The lowest BCUT2D eigenvalue weighted by Crippen LogP contribution is -2.14. The Labute approximate surface area is 162 Å². The van der Waals surface area contributed by atoms with Crippen LogP contribution in [0.1, 0.15) is 28.4 Å². The maximum Gasteiger partial charge on any atom is 0.259 e. The number of aryl methyl sites for hydroxylation is 1. The van der Waals surface area contributed by atoms with Crippen LogP contribution in [0.15, 0.2) is 77.3 Å². The largest absolute Gasteiger partial charge is 0.488 e. The third-order valence-electron chi connectivity index (χ3n) is 4.06. The number of amides is 1. The molecule has 0 saturated carbocycles. The van der Waals surface area contributed by atoms with Crippen molar-refractivity contribution in [2.75, 3.05) is 5.32 Å². The molecule has 26 heavy (non-hydrogen) atoms. The van der Waals surface area contributed by atoms with Crippen molar-refractivity contribution in [1.82, 2.24) is 0 Å². The number of benzene rings is 3. The molecular formula is C22H20BrNO2. The molecule has 0 radical (unpaired) electrons. The van der Waals surface area contributed by atoms with Crippen LogP contribution >= 0.6 is 15.9 Å². The molecule has 0 bridgehead atoms. The number of para-hydroxylation sites is 2. The molecule has 0 atom stereocenters. The monoisotopic (exact) mass is 409 g/mol. The second-order valence-electron chi connectivity index (χ2n) is 5.88. The van der Waals surface area contributed by atoms with E-state index in [0.717, 1.165) is 27.7 Å². The third-order valence-corrected chi connectivity index (χ3v) is 4.55. The Kier molecular flexibility index (Phi) is 6.08. The summed E-state index contributed by atoms with van der Waals surface area (Å²) in [5, 5.41) is 3.00. The van der Waals surface area contributed by atoms with E-state index >= 15 is 0 Å². The van der Waals surface area contributed by atoms with Gasteiger partial charge in [0.15, 0.2) is 0 Å². The molecular weight excluding hydrogens is 390 g/mol. The van der Waals surface area contributed by atoms with Crippen LogP contribution < -0.4 is 10.1 Å². The molecule has 0 aliphatic heterocycles. The maximum absolute atomic E-state index is 12.8. The zero-order valence-electron chi connectivity index (χ0n) is 14.5. The minimum Gasteiger partial charge on any atom is -0.488 e. The fourth-order valence-electron chi connectivity index (χ4n) is 2.71. The molecule has 3 rings (SSSR count). The van der Waals surface area contributed by atoms with Gasteiger partial charge in [0.2, 0.25) is 0 Å². The maximum atomic E-state index is 12.8. The van der Waals surface area contributed by atoms with Gasteiger partial charge in [0.25, 0.3) is 5.91 Å². The molecule has 1 amide bonds. The van der Waals surface area contributed by atoms with Crippen molar-refractivity contribution in [1.29, 1.82) is 0 Å². The quantitative estimate of drug-likeness (QED) is 0.554. The van der Waals surface area contributed by atoms with Crippen LogP contribution in [0.25, 0.3) is 0 Å². The van der Waals surface area contributed by atoms with Crippen LogP contribution in [0.5, 0.6) is 5.75 Å². The van der Waals surface area contributed by atoms with E-state index in [0.29, 0.717) is 17.9 Å². The highest BCUT2D eigenvalue weighted by Crippen LogP contribution is 2.23. The topological polar surface area (TPSA) is 38.3 Å². The van der Waals surface area contributed by atoms with Gasteiger partial charge in [-0.1, -0.05) is 65.3 Å². The Balaban J connectivity index is 1.77. The van der Waals surface area contributed by atoms with Gasteiger partial charge < -0.3 is 10.1 Å². The lowest BCUT2D eigenvalue weighted by molar-refractivity contribution is 0.102. The smallest absolute Gasteiger partial charge is 0.259 e. The normalized spacial score (nSPS) is 10.4. The summed E-state index contributed by atoms with van der Waals surface area (Å²) >= 11 is 3.46. The van der Waals surface area contributed by atoms with E-state index in [4.69, 9.17) is 4.74 Å². The number of hydrogen-bond donors (Lipinski definition) is 1. The van der Waals surface area contributed by atoms with Gasteiger partial charge >= 0.3 is 0 Å². The minimum atomic E-state index is -0.171. The average molecular weight is 410 g/mol. The van der Waals surface area contributed by atoms with E-state index in [1.165, 1.54) is 0 Å². The highest BCUT2D eigenvalue weighted by atomic mass is 79.9. The fourth-order valence-corrected chi connectivity index (χ4v) is 3.15. The van der Waals surface area contributed by atoms with Crippen LogP contribution in [0.3, 0.4) is 0 Å². The van der Waals surface area contributed by atoms with Crippen LogP contribution in [0.2, 0.25) is 0 Å². The van der Waals surface area contributed by atoms with Gasteiger partial charge in [-0.3, -0.25) is 4.79 Å². The van der Waals surface area contributed by atoms with Crippen LogP contribution in [0, 0.1) is 0 Å². The van der Waals surface area contributed by atoms with Crippen LogP contribution in [-0.4, -0.2) is 5.91 Å². The third kappa shape index (κ3) is 4.52. The summed E-state index contributed by atoms with van der Waals surface area (Å²) in [5.74, 6) is 0.398. The van der Waals surface area contributed by atoms with Crippen molar-refractivity contribution in [3.63, 3.8) is 0 Å². The Bertz CT molecular complexity index is 908. The van der Waals surface area contributed by atoms with Crippen LogP contribution in [-0.2, 0) is 13.0 Å². The molecule has 0 saturated heterocycles. The molecule has 0 fully saturated rings. The van der Waals surface area contributed by atoms with Gasteiger partial charge in [-0.2, -0.15) is 0 Å². The Hall–Kier alpha value is -2.59. The molecule has 3 aromatic carbocycles. The Morgan fingerprint density at radius 2 is 1.77 bits per heavy atom. The van der Waals surface area contributed by atoms with E-state index in [2.05, 4.69) is 28.2 Å². The first-order valence-corrected chi connectivity index (χ1v) is 9.32. The second kappa shape index (κ2) is 8.68. The van der Waals surface area contributed by atoms with E-state index in [1.807, 2.05) is 66.7 Å². The van der Waals surface area contributed by atoms with Gasteiger partial charge in [0, 0.05) is 10.2 Å². The predicted octanol–water partition coefficient (Wildman–Crippen LogP) is 5.84. The molecule has 1 N–H and O–H groups in total. The number of hydrogen-bond acceptors (Lipinski definition) is 2. The van der Waals surface area contributed by atoms with Crippen molar-refractivity contribution in [3.8, 4) is 5.75 Å². The number of carbonyl (C=O) groups is 1. The molecule has 132 valence electrons. The number of carbonyl (C=O) groups excluding carboxylic acids is 1. The fraction of sp³-hybridized carbons (Fsp3) is 0.136. The van der Waals surface area contributed by atoms with E-state index in [-0.39, 0.29) is 5.91 Å². The average Bonchev–Trinajstić information content (AvgIpc) is 2.67. The molecule has 0 aliphatic carbocycles. The van der Waals surface area contributed by atoms with Gasteiger partial charge in [-0.25, -0.2) is 0 Å². The molecule has 4 heteroatoms. The van der Waals surface area contributed by atoms with Crippen molar-refractivity contribution in [2.45, 2.75) is 20.0 Å². The summed E-state index contributed by atoms with van der Waals surface area (Å²) in [4.78, 5) is 12.8. The zero-order valence-corrected chi connectivity index (χ0v) is 16.1. The van der Waals surface area contributed by atoms with Crippen LogP contribution in [0.4, 0.5) is 5.69 Å². The highest BCUT2D eigenvalue weighted by Gasteiger charge is 2.13. The molecule has 0 aromatic heterocycles. The molecule has 3 nitrogen and oxygen atoms in total. The Morgan fingerprint density at radius 3 is 2.58 bits per heavy atom. The van der Waals surface area contributed by atoms with Crippen molar-refractivity contribution in [2.24, 2.45) is 0 Å². The van der Waals surface area contributed by atoms with Gasteiger partial charge in [-0.05, 0) is 47.9 Å². The van der Waals surface area contributed by atoms with Crippen molar-refractivity contribution >= 4 is 27.5 Å². The summed E-state index contributed by atoms with van der Waals surface area (Å²) in [6.45, 7) is 2.47. The summed E-state index contributed by atoms with van der Waals surface area (Å²) in [7, 11) is 0. The SMILES string of the molecule is CCc1ccccc1NC(=O)c1ccccc1OCc1cccc(Br)c1. The first-order valence-electron chi connectivity index (χ1n) is 8.53. The van der Waals surface area contributed by atoms with E-state index in [1.54, 1.807) is 6.07 Å². The number of halogens is 1. The number of nitrogens with one attached hydrogen (secondary N) is 1. The summed E-state index contributed by atoms with van der Waals surface area (Å²) < 4.78 is 6.91. The number of ether oxygens (including phenoxy) is 1. The number of rotatable bonds is 6. The second-order valence-corrected chi connectivity index (χ2v) is 6.80. The van der Waals surface area contributed by atoms with Gasteiger partial charge in [-0.15, -0.1) is 0 Å². The van der Waals surface area contributed by atoms with Crippen molar-refractivity contribution in [3.05, 3.63) is 94.0 Å². The molecule has 0 aliphatic rings. The first-order chi connectivity index (χ1) is 12.7. The zero-order chi connectivity index (χ0) is 18.4. The first kappa shape index (κ1) is 18.2. The molecule has 0 heterocycles. The summed E-state index contributed by atoms with van der Waals surface area (Å²) in [5.41, 5.74) is 3.49. The van der Waals surface area contributed by atoms with Gasteiger partial charge in [0.1, 0.15) is 12.4 Å². The highest BCUT2D eigenvalue weighted by molar-refractivity contribution is 9.10. The lowest BCUT2D eigenvalue weighted by Gasteiger charge is -2.13. The van der Waals surface area contributed by atoms with Gasteiger partial charge in [0.05, 0.1) is 5.56 Å². The van der Waals surface area contributed by atoms with Crippen molar-refractivity contribution < 1.29 is 9.53 Å². The summed E-state index contributed by atoms with van der Waals surface area (Å²) in [6.07, 6.45) is 0.859. The lowest BCUT2D eigenvalue weighted by atomic mass is 10.1. The summed E-state index contributed by atoms with van der Waals surface area (Å²) in [6, 6.07) is 23.1. The molecule has 3 aromatic rings. The molecule has 0 spiro atoms. The Morgan fingerprint density at radius 1 is 1.00 bits per heavy atom. The molecule has 0 unspecified atom stereocenters. The number of anilines is 1. The standard InChI is InChI=1S/C22H20BrNO2/c1-2-17-9-3-5-12-20(17)24-22(25)19-11-4-6-13-21(19)26-15-16-8-7-10-18(23)14-16/h3-14H,2,15H2,1H3,(H,24,25). The minimum absolute atomic E-state index is 0.171. The van der Waals surface area contributed by atoms with E-state index < -0.39 is 0 Å². The van der Waals surface area contributed by atoms with E-state index in [9.17, 15) is 4.79 Å². The predicted molar refractivity (Wildman–Crippen MR) is 109 cm³/mol.